The first kappa shape index (κ1) is 16.5. The molecule has 4 nitrogen and oxygen atoms in total. The van der Waals surface area contributed by atoms with Gasteiger partial charge in [-0.05, 0) is 43.2 Å². The molecule has 1 atom stereocenters. The van der Waals surface area contributed by atoms with E-state index in [1.165, 1.54) is 6.42 Å². The number of aromatic carboxylic acids is 1. The summed E-state index contributed by atoms with van der Waals surface area (Å²) in [5, 5.41) is 9.20. The number of nitrogens with zero attached hydrogens (tertiary/aromatic N) is 1. The molecule has 1 unspecified atom stereocenters. The zero-order valence-corrected chi connectivity index (χ0v) is 13.4. The molecule has 0 radical (unpaired) electrons. The van der Waals surface area contributed by atoms with Crippen LogP contribution < -0.4 is 0 Å². The molecule has 1 aromatic carbocycles. The second kappa shape index (κ2) is 7.43. The number of carboxylic acids is 1. The summed E-state index contributed by atoms with van der Waals surface area (Å²) < 4.78 is 0. The van der Waals surface area contributed by atoms with Crippen molar-refractivity contribution in [2.24, 2.45) is 5.92 Å². The molecule has 1 fully saturated rings. The van der Waals surface area contributed by atoms with Crippen LogP contribution in [0.25, 0.3) is 0 Å². The lowest BCUT2D eigenvalue weighted by Crippen LogP contribution is -2.46. The van der Waals surface area contributed by atoms with Crippen LogP contribution in [0.4, 0.5) is 0 Å². The average Bonchev–Trinajstić information content (AvgIpc) is 2.52. The van der Waals surface area contributed by atoms with E-state index in [-0.39, 0.29) is 5.91 Å². The van der Waals surface area contributed by atoms with E-state index in [1.807, 2.05) is 11.0 Å². The third-order valence-corrected chi connectivity index (χ3v) is 4.50. The van der Waals surface area contributed by atoms with Crippen molar-refractivity contribution in [2.75, 3.05) is 6.54 Å². The van der Waals surface area contributed by atoms with Crippen molar-refractivity contribution in [3.8, 4) is 0 Å². The lowest BCUT2D eigenvalue weighted by Gasteiger charge is -2.38. The third kappa shape index (κ3) is 3.87. The molecule has 4 heteroatoms. The minimum absolute atomic E-state index is 0.151. The van der Waals surface area contributed by atoms with Gasteiger partial charge in [-0.2, -0.15) is 0 Å². The zero-order valence-electron chi connectivity index (χ0n) is 13.4. The van der Waals surface area contributed by atoms with E-state index in [0.29, 0.717) is 30.4 Å². The number of amides is 1. The molecule has 1 aliphatic rings. The Bertz CT molecular complexity index is 539. The molecule has 1 aliphatic heterocycles. The summed E-state index contributed by atoms with van der Waals surface area (Å²) in [5.74, 6) is -0.310. The van der Waals surface area contributed by atoms with E-state index in [0.717, 1.165) is 24.9 Å². The predicted molar refractivity (Wildman–Crippen MR) is 85.9 cm³/mol. The van der Waals surface area contributed by atoms with Gasteiger partial charge in [-0.1, -0.05) is 32.0 Å². The highest BCUT2D eigenvalue weighted by atomic mass is 16.4. The van der Waals surface area contributed by atoms with Gasteiger partial charge in [0, 0.05) is 19.0 Å². The van der Waals surface area contributed by atoms with Crippen molar-refractivity contribution >= 4 is 11.9 Å². The van der Waals surface area contributed by atoms with Crippen LogP contribution >= 0.6 is 0 Å². The SMILES string of the molecule is CC(C)C1CCCCN1C(=O)CCc1ccccc1C(=O)O. The lowest BCUT2D eigenvalue weighted by atomic mass is 9.92. The highest BCUT2D eigenvalue weighted by Gasteiger charge is 2.28. The summed E-state index contributed by atoms with van der Waals surface area (Å²) in [7, 11) is 0. The molecule has 1 amide bonds. The van der Waals surface area contributed by atoms with Gasteiger partial charge in [0.15, 0.2) is 0 Å². The quantitative estimate of drug-likeness (QED) is 0.907. The van der Waals surface area contributed by atoms with Gasteiger partial charge < -0.3 is 10.0 Å². The zero-order chi connectivity index (χ0) is 16.1. The average molecular weight is 303 g/mol. The Morgan fingerprint density at radius 3 is 2.68 bits per heavy atom. The van der Waals surface area contributed by atoms with Crippen LogP contribution in [0.15, 0.2) is 24.3 Å². The van der Waals surface area contributed by atoms with E-state index >= 15 is 0 Å². The molecule has 0 aromatic heterocycles. The topological polar surface area (TPSA) is 57.6 Å². The first-order chi connectivity index (χ1) is 10.5. The Morgan fingerprint density at radius 2 is 2.00 bits per heavy atom. The molecule has 1 aromatic rings. The number of rotatable bonds is 5. The first-order valence-electron chi connectivity index (χ1n) is 8.11. The Morgan fingerprint density at radius 1 is 1.27 bits per heavy atom. The summed E-state index contributed by atoms with van der Waals surface area (Å²) in [6, 6.07) is 7.27. The number of carboxylic acid groups (broad SMARTS) is 1. The smallest absolute Gasteiger partial charge is 0.335 e. The molecule has 1 saturated heterocycles. The summed E-state index contributed by atoms with van der Waals surface area (Å²) in [5.41, 5.74) is 1.04. The van der Waals surface area contributed by atoms with Gasteiger partial charge in [0.05, 0.1) is 5.56 Å². The summed E-state index contributed by atoms with van der Waals surface area (Å²) in [6.45, 7) is 5.16. The van der Waals surface area contributed by atoms with Crippen molar-refractivity contribution < 1.29 is 14.7 Å². The number of hydrogen-bond donors (Lipinski definition) is 1. The van der Waals surface area contributed by atoms with E-state index in [9.17, 15) is 14.7 Å². The maximum Gasteiger partial charge on any atom is 0.335 e. The van der Waals surface area contributed by atoms with Crippen LogP contribution in [-0.4, -0.2) is 34.5 Å². The van der Waals surface area contributed by atoms with Gasteiger partial charge >= 0.3 is 5.97 Å². The number of hydrogen-bond acceptors (Lipinski definition) is 2. The summed E-state index contributed by atoms with van der Waals surface area (Å²) in [6.07, 6.45) is 4.21. The van der Waals surface area contributed by atoms with Crippen LogP contribution in [0.5, 0.6) is 0 Å². The molecule has 1 N–H and O–H groups in total. The number of piperidine rings is 1. The second-order valence-electron chi connectivity index (χ2n) is 6.36. The van der Waals surface area contributed by atoms with Crippen molar-refractivity contribution in [1.82, 2.24) is 4.90 Å². The van der Waals surface area contributed by atoms with Crippen LogP contribution in [0.3, 0.4) is 0 Å². The van der Waals surface area contributed by atoms with Crippen molar-refractivity contribution in [3.05, 3.63) is 35.4 Å². The highest BCUT2D eigenvalue weighted by molar-refractivity contribution is 5.89. The van der Waals surface area contributed by atoms with Crippen LogP contribution in [0, 0.1) is 5.92 Å². The second-order valence-corrected chi connectivity index (χ2v) is 6.36. The number of carbonyl (C=O) groups is 2. The maximum absolute atomic E-state index is 12.5. The normalized spacial score (nSPS) is 18.5. The van der Waals surface area contributed by atoms with Crippen LogP contribution in [-0.2, 0) is 11.2 Å². The van der Waals surface area contributed by atoms with Gasteiger partial charge in [0.1, 0.15) is 0 Å². The van der Waals surface area contributed by atoms with Gasteiger partial charge in [0.25, 0.3) is 0 Å². The first-order valence-corrected chi connectivity index (χ1v) is 8.11. The fourth-order valence-electron chi connectivity index (χ4n) is 3.29. The number of likely N-dealkylation sites (tertiary alicyclic amines) is 1. The maximum atomic E-state index is 12.5. The van der Waals surface area contributed by atoms with E-state index < -0.39 is 5.97 Å². The third-order valence-electron chi connectivity index (χ3n) is 4.50. The Hall–Kier alpha value is -1.84. The minimum atomic E-state index is -0.930. The van der Waals surface area contributed by atoms with Gasteiger partial charge in [-0.15, -0.1) is 0 Å². The van der Waals surface area contributed by atoms with E-state index in [2.05, 4.69) is 13.8 Å². The molecular formula is C18H25NO3. The molecule has 0 spiro atoms. The minimum Gasteiger partial charge on any atom is -0.478 e. The number of benzene rings is 1. The summed E-state index contributed by atoms with van der Waals surface area (Å²) in [4.78, 5) is 25.8. The monoisotopic (exact) mass is 303 g/mol. The summed E-state index contributed by atoms with van der Waals surface area (Å²) >= 11 is 0. The molecule has 0 bridgehead atoms. The standard InChI is InChI=1S/C18H25NO3/c1-13(2)16-9-5-6-12-19(16)17(20)11-10-14-7-3-4-8-15(14)18(21)22/h3-4,7-8,13,16H,5-6,9-12H2,1-2H3,(H,21,22). The van der Waals surface area contributed by atoms with Crippen molar-refractivity contribution in [1.29, 1.82) is 0 Å². The Balaban J connectivity index is 2.02. The largest absolute Gasteiger partial charge is 0.478 e. The number of carbonyl (C=O) groups excluding carboxylic acids is 1. The Labute approximate surface area is 132 Å². The highest BCUT2D eigenvalue weighted by Crippen LogP contribution is 2.24. The van der Waals surface area contributed by atoms with E-state index in [4.69, 9.17) is 0 Å². The molecule has 0 aliphatic carbocycles. The fraction of sp³-hybridized carbons (Fsp3) is 0.556. The lowest BCUT2D eigenvalue weighted by molar-refractivity contribution is -0.135. The van der Waals surface area contributed by atoms with Gasteiger partial charge in [-0.25, -0.2) is 4.79 Å². The molecule has 120 valence electrons. The Kier molecular flexibility index (Phi) is 5.58. The molecule has 1 heterocycles. The van der Waals surface area contributed by atoms with Gasteiger partial charge in [-0.3, -0.25) is 4.79 Å². The fourth-order valence-corrected chi connectivity index (χ4v) is 3.29. The molecular weight excluding hydrogens is 278 g/mol. The molecule has 22 heavy (non-hydrogen) atoms. The van der Waals surface area contributed by atoms with Crippen molar-refractivity contribution in [3.63, 3.8) is 0 Å². The van der Waals surface area contributed by atoms with E-state index in [1.54, 1.807) is 18.2 Å². The van der Waals surface area contributed by atoms with Gasteiger partial charge in [0.2, 0.25) is 5.91 Å². The number of aryl methyl sites for hydroxylation is 1. The predicted octanol–water partition coefficient (Wildman–Crippen LogP) is 3.35. The van der Waals surface area contributed by atoms with Crippen molar-refractivity contribution in [2.45, 2.75) is 52.0 Å². The molecule has 0 saturated carbocycles. The molecule has 2 rings (SSSR count). The van der Waals surface area contributed by atoms with Crippen LogP contribution in [0.2, 0.25) is 0 Å². The van der Waals surface area contributed by atoms with Crippen LogP contribution in [0.1, 0.15) is 55.5 Å².